The van der Waals surface area contributed by atoms with E-state index in [9.17, 15) is 4.79 Å². The third-order valence-corrected chi connectivity index (χ3v) is 2.33. The molecule has 0 spiro atoms. The largest absolute Gasteiger partial charge is 0.519 e. The molecular weight excluding hydrogens is 192 g/mol. The summed E-state index contributed by atoms with van der Waals surface area (Å²) in [5, 5.41) is 0. The molecule has 1 heterocycles. The molecule has 0 unspecified atom stereocenters. The van der Waals surface area contributed by atoms with Crippen LogP contribution in [0.2, 0.25) is 0 Å². The quantitative estimate of drug-likeness (QED) is 0.680. The Bertz CT molecular complexity index is 333. The lowest BCUT2D eigenvalue weighted by Crippen LogP contribution is -1.96. The summed E-state index contributed by atoms with van der Waals surface area (Å²) in [5.41, 5.74) is 0. The molecule has 0 bridgehead atoms. The van der Waals surface area contributed by atoms with Crippen molar-refractivity contribution in [3.63, 3.8) is 0 Å². The molecular formula is C12H20O3. The maximum absolute atomic E-state index is 11.0. The fraction of sp³-hybridized carbons (Fsp3) is 0.750. The fourth-order valence-corrected chi connectivity index (χ4v) is 1.59. The molecule has 0 aliphatic rings. The van der Waals surface area contributed by atoms with Crippen LogP contribution < -0.4 is 5.82 Å². The van der Waals surface area contributed by atoms with Crippen LogP contribution in [0.3, 0.4) is 0 Å². The Balaban J connectivity index is 2.64. The first-order valence-electron chi connectivity index (χ1n) is 5.75. The fourth-order valence-electron chi connectivity index (χ4n) is 1.59. The van der Waals surface area contributed by atoms with E-state index >= 15 is 0 Å². The summed E-state index contributed by atoms with van der Waals surface area (Å²) < 4.78 is 10.1. The normalized spacial score (nSPS) is 11.2. The highest BCUT2D eigenvalue weighted by molar-refractivity contribution is 5.04. The van der Waals surface area contributed by atoms with E-state index in [1.54, 1.807) is 0 Å². The van der Waals surface area contributed by atoms with Crippen molar-refractivity contribution in [1.29, 1.82) is 0 Å². The molecule has 0 fully saturated rings. The molecule has 3 nitrogen and oxygen atoms in total. The van der Waals surface area contributed by atoms with Crippen molar-refractivity contribution >= 4 is 0 Å². The van der Waals surface area contributed by atoms with Gasteiger partial charge in [0.2, 0.25) is 0 Å². The molecule has 0 radical (unpaired) electrons. The summed E-state index contributed by atoms with van der Waals surface area (Å²) in [7, 11) is 0. The minimum atomic E-state index is -0.558. The number of aryl methyl sites for hydroxylation is 1. The van der Waals surface area contributed by atoms with E-state index in [1.165, 1.54) is 6.42 Å². The van der Waals surface area contributed by atoms with E-state index in [0.29, 0.717) is 5.92 Å². The summed E-state index contributed by atoms with van der Waals surface area (Å²) in [6.07, 6.45) is 5.00. The average Bonchev–Trinajstić information content (AvgIpc) is 2.46. The molecule has 0 amide bonds. The van der Waals surface area contributed by atoms with Gasteiger partial charge in [-0.1, -0.05) is 33.6 Å². The zero-order valence-electron chi connectivity index (χ0n) is 9.84. The maximum Gasteiger partial charge on any atom is 0.519 e. The predicted octanol–water partition coefficient (Wildman–Crippen LogP) is 3.16. The second kappa shape index (κ2) is 5.79. The van der Waals surface area contributed by atoms with Gasteiger partial charge in [-0.2, -0.15) is 0 Å². The second-order valence-corrected chi connectivity index (χ2v) is 4.36. The zero-order valence-corrected chi connectivity index (χ0v) is 9.84. The van der Waals surface area contributed by atoms with Crippen molar-refractivity contribution in [3.8, 4) is 0 Å². The molecule has 0 atom stereocenters. The summed E-state index contributed by atoms with van der Waals surface area (Å²) >= 11 is 0. The summed E-state index contributed by atoms with van der Waals surface area (Å²) in [4.78, 5) is 11.0. The van der Waals surface area contributed by atoms with Crippen molar-refractivity contribution < 1.29 is 8.83 Å². The number of hydrogen-bond donors (Lipinski definition) is 0. The highest BCUT2D eigenvalue weighted by Crippen LogP contribution is 2.15. The number of rotatable bonds is 6. The van der Waals surface area contributed by atoms with Crippen LogP contribution >= 0.6 is 0 Å². The number of unbranched alkanes of at least 4 members (excludes halogenated alkanes) is 2. The van der Waals surface area contributed by atoms with Crippen LogP contribution in [0, 0.1) is 5.92 Å². The Hall–Kier alpha value is -0.990. The van der Waals surface area contributed by atoms with Crippen LogP contribution in [0.4, 0.5) is 0 Å². The molecule has 15 heavy (non-hydrogen) atoms. The molecule has 0 aliphatic heterocycles. The highest BCUT2D eigenvalue weighted by atomic mass is 16.6. The van der Waals surface area contributed by atoms with Gasteiger partial charge in [0, 0.05) is 12.8 Å². The first-order chi connectivity index (χ1) is 7.13. The molecule has 86 valence electrons. The van der Waals surface area contributed by atoms with Gasteiger partial charge >= 0.3 is 5.82 Å². The Labute approximate surface area is 90.5 Å². The molecule has 0 saturated carbocycles. The van der Waals surface area contributed by atoms with Crippen molar-refractivity contribution in [2.75, 3.05) is 0 Å². The van der Waals surface area contributed by atoms with Gasteiger partial charge in [0.1, 0.15) is 11.5 Å². The van der Waals surface area contributed by atoms with Crippen LogP contribution in [0.1, 0.15) is 51.6 Å². The lowest BCUT2D eigenvalue weighted by atomic mass is 10.1. The smallest absolute Gasteiger partial charge is 0.396 e. The van der Waals surface area contributed by atoms with Gasteiger partial charge in [-0.3, -0.25) is 0 Å². The van der Waals surface area contributed by atoms with E-state index in [2.05, 4.69) is 20.8 Å². The van der Waals surface area contributed by atoms with E-state index in [0.717, 1.165) is 37.2 Å². The Morgan fingerprint density at radius 2 is 1.80 bits per heavy atom. The van der Waals surface area contributed by atoms with Gasteiger partial charge < -0.3 is 8.83 Å². The molecule has 1 aromatic rings. The summed E-state index contributed by atoms with van der Waals surface area (Å²) in [6.45, 7) is 6.35. The maximum atomic E-state index is 11.0. The summed E-state index contributed by atoms with van der Waals surface area (Å²) in [6, 6.07) is 0. The monoisotopic (exact) mass is 212 g/mol. The van der Waals surface area contributed by atoms with E-state index in [4.69, 9.17) is 8.83 Å². The van der Waals surface area contributed by atoms with Gasteiger partial charge in [0.15, 0.2) is 0 Å². The molecule has 0 saturated heterocycles. The zero-order chi connectivity index (χ0) is 11.3. The van der Waals surface area contributed by atoms with Crippen molar-refractivity contribution in [3.05, 3.63) is 22.1 Å². The molecule has 0 aliphatic carbocycles. The van der Waals surface area contributed by atoms with E-state index < -0.39 is 5.82 Å². The third-order valence-electron chi connectivity index (χ3n) is 2.33. The van der Waals surface area contributed by atoms with Crippen molar-refractivity contribution in [2.45, 2.75) is 52.9 Å². The second-order valence-electron chi connectivity index (χ2n) is 4.36. The van der Waals surface area contributed by atoms with Crippen molar-refractivity contribution in [1.82, 2.24) is 0 Å². The third kappa shape index (κ3) is 3.94. The predicted molar refractivity (Wildman–Crippen MR) is 59.0 cm³/mol. The van der Waals surface area contributed by atoms with Crippen LogP contribution in [0.15, 0.2) is 13.6 Å². The highest BCUT2D eigenvalue weighted by Gasteiger charge is 2.13. The van der Waals surface area contributed by atoms with E-state index in [1.807, 2.05) is 0 Å². The Morgan fingerprint density at radius 3 is 2.40 bits per heavy atom. The van der Waals surface area contributed by atoms with Gasteiger partial charge in [-0.25, -0.2) is 4.79 Å². The van der Waals surface area contributed by atoms with E-state index in [-0.39, 0.29) is 0 Å². The molecule has 1 aromatic heterocycles. The standard InChI is InChI=1S/C12H20O3/c1-4-5-6-7-10-11(8-9(2)3)15-12(13)14-10/h9H,4-8H2,1-3H3. The first-order valence-corrected chi connectivity index (χ1v) is 5.75. The molecule has 0 aromatic carbocycles. The summed E-state index contributed by atoms with van der Waals surface area (Å²) in [5.74, 6) is 1.42. The van der Waals surface area contributed by atoms with Gasteiger partial charge in [0.25, 0.3) is 0 Å². The van der Waals surface area contributed by atoms with Crippen LogP contribution in [-0.2, 0) is 12.8 Å². The van der Waals surface area contributed by atoms with Crippen LogP contribution in [0.5, 0.6) is 0 Å². The lowest BCUT2D eigenvalue weighted by Gasteiger charge is -2.02. The van der Waals surface area contributed by atoms with Gasteiger partial charge in [0.05, 0.1) is 0 Å². The average molecular weight is 212 g/mol. The molecule has 0 N–H and O–H groups in total. The first kappa shape index (κ1) is 12.1. The molecule has 3 heteroatoms. The SMILES string of the molecule is CCCCCc1oc(=O)oc1CC(C)C. The van der Waals surface area contributed by atoms with Crippen molar-refractivity contribution in [2.24, 2.45) is 5.92 Å². The minimum absolute atomic E-state index is 0.482. The Morgan fingerprint density at radius 1 is 1.13 bits per heavy atom. The topological polar surface area (TPSA) is 43.4 Å². The van der Waals surface area contributed by atoms with Crippen LogP contribution in [-0.4, -0.2) is 0 Å². The lowest BCUT2D eigenvalue weighted by molar-refractivity contribution is 0.360. The Kier molecular flexibility index (Phi) is 4.66. The minimum Gasteiger partial charge on any atom is -0.396 e. The number of hydrogen-bond acceptors (Lipinski definition) is 3. The van der Waals surface area contributed by atoms with Crippen LogP contribution in [0.25, 0.3) is 0 Å². The van der Waals surface area contributed by atoms with Gasteiger partial charge in [-0.05, 0) is 12.3 Å². The van der Waals surface area contributed by atoms with Gasteiger partial charge in [-0.15, -0.1) is 0 Å². The molecule has 1 rings (SSSR count).